The van der Waals surface area contributed by atoms with Gasteiger partial charge in [0.25, 0.3) is 0 Å². The SMILES string of the molecule is CNCc1nnnn1CC1(C)CCCO1. The summed E-state index contributed by atoms with van der Waals surface area (Å²) in [6.45, 7) is 4.38. The normalized spacial score (nSPS) is 26.0. The highest BCUT2D eigenvalue weighted by Crippen LogP contribution is 2.26. The number of ether oxygens (including phenoxy) is 1. The molecule has 1 aliphatic heterocycles. The van der Waals surface area contributed by atoms with E-state index in [1.807, 2.05) is 11.7 Å². The van der Waals surface area contributed by atoms with Crippen LogP contribution in [0.3, 0.4) is 0 Å². The molecule has 84 valence electrons. The van der Waals surface area contributed by atoms with Crippen LogP contribution in [0.25, 0.3) is 0 Å². The summed E-state index contributed by atoms with van der Waals surface area (Å²) in [5.41, 5.74) is -0.0993. The van der Waals surface area contributed by atoms with E-state index in [1.54, 1.807) is 0 Å². The van der Waals surface area contributed by atoms with Gasteiger partial charge in [0.2, 0.25) is 0 Å². The van der Waals surface area contributed by atoms with E-state index in [0.29, 0.717) is 6.54 Å². The van der Waals surface area contributed by atoms with Crippen LogP contribution < -0.4 is 5.32 Å². The maximum absolute atomic E-state index is 5.71. The Morgan fingerprint density at radius 3 is 3.13 bits per heavy atom. The molecule has 0 saturated carbocycles. The van der Waals surface area contributed by atoms with Crippen LogP contribution in [-0.2, 0) is 17.8 Å². The van der Waals surface area contributed by atoms with Crippen molar-refractivity contribution < 1.29 is 4.74 Å². The Kier molecular flexibility index (Phi) is 2.97. The second-order valence-corrected chi connectivity index (χ2v) is 4.19. The molecule has 15 heavy (non-hydrogen) atoms. The molecule has 6 nitrogen and oxygen atoms in total. The molecule has 0 aromatic carbocycles. The third kappa shape index (κ3) is 2.32. The summed E-state index contributed by atoms with van der Waals surface area (Å²) < 4.78 is 7.53. The molecule has 1 N–H and O–H groups in total. The Morgan fingerprint density at radius 2 is 2.47 bits per heavy atom. The quantitative estimate of drug-likeness (QED) is 0.757. The molecule has 6 heteroatoms. The van der Waals surface area contributed by atoms with E-state index in [2.05, 4.69) is 27.8 Å². The Labute approximate surface area is 89.0 Å². The van der Waals surface area contributed by atoms with Crippen LogP contribution in [0.5, 0.6) is 0 Å². The van der Waals surface area contributed by atoms with Gasteiger partial charge in [0.15, 0.2) is 5.82 Å². The first-order valence-electron chi connectivity index (χ1n) is 5.27. The van der Waals surface area contributed by atoms with Crippen molar-refractivity contribution in [1.29, 1.82) is 0 Å². The minimum Gasteiger partial charge on any atom is -0.373 e. The van der Waals surface area contributed by atoms with Crippen molar-refractivity contribution in [2.45, 2.75) is 38.5 Å². The predicted octanol–water partition coefficient (Wildman–Crippen LogP) is -0.0384. The van der Waals surface area contributed by atoms with Gasteiger partial charge in [-0.25, -0.2) is 4.68 Å². The molecule has 1 unspecified atom stereocenters. The van der Waals surface area contributed by atoms with E-state index < -0.39 is 0 Å². The molecule has 1 aliphatic rings. The highest BCUT2D eigenvalue weighted by atomic mass is 16.5. The molecule has 0 amide bonds. The number of tetrazole rings is 1. The monoisotopic (exact) mass is 211 g/mol. The summed E-state index contributed by atoms with van der Waals surface area (Å²) in [6.07, 6.45) is 2.20. The van der Waals surface area contributed by atoms with Crippen molar-refractivity contribution in [3.8, 4) is 0 Å². The number of aromatic nitrogens is 4. The van der Waals surface area contributed by atoms with Crippen LogP contribution in [-0.4, -0.2) is 39.5 Å². The van der Waals surface area contributed by atoms with E-state index in [1.165, 1.54) is 0 Å². The lowest BCUT2D eigenvalue weighted by atomic mass is 10.0. The Hall–Kier alpha value is -1.01. The molecular formula is C9H17N5O. The molecule has 0 bridgehead atoms. The fourth-order valence-corrected chi connectivity index (χ4v) is 1.91. The highest BCUT2D eigenvalue weighted by Gasteiger charge is 2.31. The fourth-order valence-electron chi connectivity index (χ4n) is 1.91. The van der Waals surface area contributed by atoms with Crippen LogP contribution in [0.4, 0.5) is 0 Å². The van der Waals surface area contributed by atoms with E-state index >= 15 is 0 Å². The van der Waals surface area contributed by atoms with E-state index in [4.69, 9.17) is 4.74 Å². The van der Waals surface area contributed by atoms with Crippen LogP contribution >= 0.6 is 0 Å². The van der Waals surface area contributed by atoms with Gasteiger partial charge in [-0.15, -0.1) is 5.10 Å². The number of nitrogens with one attached hydrogen (secondary N) is 1. The van der Waals surface area contributed by atoms with Crippen molar-refractivity contribution >= 4 is 0 Å². The van der Waals surface area contributed by atoms with Crippen LogP contribution in [0.2, 0.25) is 0 Å². The molecule has 1 fully saturated rings. The van der Waals surface area contributed by atoms with Gasteiger partial charge in [0.05, 0.1) is 18.7 Å². The molecule has 1 saturated heterocycles. The first-order chi connectivity index (χ1) is 7.23. The third-order valence-corrected chi connectivity index (χ3v) is 2.73. The molecule has 0 spiro atoms. The average Bonchev–Trinajstić information content (AvgIpc) is 2.78. The molecule has 1 aromatic heterocycles. The summed E-state index contributed by atoms with van der Waals surface area (Å²) in [6, 6.07) is 0. The van der Waals surface area contributed by atoms with Gasteiger partial charge in [-0.05, 0) is 37.2 Å². The van der Waals surface area contributed by atoms with Crippen molar-refractivity contribution in [3.05, 3.63) is 5.82 Å². The van der Waals surface area contributed by atoms with Crippen molar-refractivity contribution in [1.82, 2.24) is 25.5 Å². The Balaban J connectivity index is 2.06. The summed E-state index contributed by atoms with van der Waals surface area (Å²) in [5, 5.41) is 14.7. The first kappa shape index (κ1) is 10.5. The van der Waals surface area contributed by atoms with Gasteiger partial charge in [0.1, 0.15) is 0 Å². The molecule has 2 rings (SSSR count). The van der Waals surface area contributed by atoms with Gasteiger partial charge in [-0.2, -0.15) is 0 Å². The van der Waals surface area contributed by atoms with Gasteiger partial charge in [-0.3, -0.25) is 0 Å². The fraction of sp³-hybridized carbons (Fsp3) is 0.889. The lowest BCUT2D eigenvalue weighted by Crippen LogP contribution is -2.31. The summed E-state index contributed by atoms with van der Waals surface area (Å²) >= 11 is 0. The van der Waals surface area contributed by atoms with E-state index in [9.17, 15) is 0 Å². The molecule has 1 aromatic rings. The minimum atomic E-state index is -0.0993. The number of hydrogen-bond acceptors (Lipinski definition) is 5. The van der Waals surface area contributed by atoms with Crippen LogP contribution in [0, 0.1) is 0 Å². The van der Waals surface area contributed by atoms with Crippen molar-refractivity contribution in [3.63, 3.8) is 0 Å². The number of rotatable bonds is 4. The van der Waals surface area contributed by atoms with Crippen molar-refractivity contribution in [2.75, 3.05) is 13.7 Å². The van der Waals surface area contributed by atoms with Crippen molar-refractivity contribution in [2.24, 2.45) is 0 Å². The van der Waals surface area contributed by atoms with Crippen LogP contribution in [0.15, 0.2) is 0 Å². The smallest absolute Gasteiger partial charge is 0.165 e. The molecule has 0 radical (unpaired) electrons. The maximum Gasteiger partial charge on any atom is 0.165 e. The average molecular weight is 211 g/mol. The molecular weight excluding hydrogens is 194 g/mol. The lowest BCUT2D eigenvalue weighted by molar-refractivity contribution is 0.00246. The lowest BCUT2D eigenvalue weighted by Gasteiger charge is -2.22. The zero-order valence-electron chi connectivity index (χ0n) is 9.23. The number of nitrogens with zero attached hydrogens (tertiary/aromatic N) is 4. The standard InChI is InChI=1S/C9H17N5O/c1-9(4-3-5-15-9)7-14-8(6-10-2)11-12-13-14/h10H,3-7H2,1-2H3. The van der Waals surface area contributed by atoms with Gasteiger partial charge in [0, 0.05) is 6.61 Å². The van der Waals surface area contributed by atoms with Gasteiger partial charge in [-0.1, -0.05) is 0 Å². The second-order valence-electron chi connectivity index (χ2n) is 4.19. The summed E-state index contributed by atoms with van der Waals surface area (Å²) in [4.78, 5) is 0. The first-order valence-corrected chi connectivity index (χ1v) is 5.27. The highest BCUT2D eigenvalue weighted by molar-refractivity contribution is 4.86. The van der Waals surface area contributed by atoms with Gasteiger partial charge < -0.3 is 10.1 Å². The zero-order chi connectivity index (χ0) is 10.7. The minimum absolute atomic E-state index is 0.0993. The largest absolute Gasteiger partial charge is 0.373 e. The Bertz CT molecular complexity index is 318. The topological polar surface area (TPSA) is 64.9 Å². The third-order valence-electron chi connectivity index (χ3n) is 2.73. The Morgan fingerprint density at radius 1 is 1.60 bits per heavy atom. The van der Waals surface area contributed by atoms with E-state index in [0.717, 1.165) is 31.8 Å². The zero-order valence-corrected chi connectivity index (χ0v) is 9.23. The molecule has 0 aliphatic carbocycles. The van der Waals surface area contributed by atoms with Gasteiger partial charge >= 0.3 is 0 Å². The maximum atomic E-state index is 5.71. The molecule has 1 atom stereocenters. The molecule has 2 heterocycles. The second kappa shape index (κ2) is 4.24. The van der Waals surface area contributed by atoms with E-state index in [-0.39, 0.29) is 5.60 Å². The predicted molar refractivity (Wildman–Crippen MR) is 54.2 cm³/mol. The summed E-state index contributed by atoms with van der Waals surface area (Å²) in [7, 11) is 1.88. The summed E-state index contributed by atoms with van der Waals surface area (Å²) in [5.74, 6) is 0.856. The number of hydrogen-bond donors (Lipinski definition) is 1. The van der Waals surface area contributed by atoms with Crippen LogP contribution in [0.1, 0.15) is 25.6 Å².